The van der Waals surface area contributed by atoms with Gasteiger partial charge in [-0.25, -0.2) is 4.98 Å². The van der Waals surface area contributed by atoms with E-state index in [0.717, 1.165) is 10.7 Å². The Morgan fingerprint density at radius 3 is 2.57 bits per heavy atom. The second-order valence-electron chi connectivity index (χ2n) is 6.50. The predicted molar refractivity (Wildman–Crippen MR) is 83.0 cm³/mol. The van der Waals surface area contributed by atoms with Gasteiger partial charge in [-0.2, -0.15) is 0 Å². The van der Waals surface area contributed by atoms with Crippen LogP contribution in [0.15, 0.2) is 5.38 Å². The predicted octanol–water partition coefficient (Wildman–Crippen LogP) is 2.07. The van der Waals surface area contributed by atoms with Crippen LogP contribution in [0.3, 0.4) is 0 Å². The molecule has 1 aliphatic rings. The maximum atomic E-state index is 12.3. The van der Waals surface area contributed by atoms with Crippen molar-refractivity contribution in [1.29, 1.82) is 0 Å². The molecule has 0 aromatic carbocycles. The first-order valence-electron chi connectivity index (χ1n) is 7.29. The summed E-state index contributed by atoms with van der Waals surface area (Å²) in [7, 11) is 0. The number of rotatable bonds is 3. The number of carbonyl (C=O) groups is 2. The van der Waals surface area contributed by atoms with Gasteiger partial charge in [0.1, 0.15) is 17.1 Å². The molecule has 1 saturated heterocycles. The molecule has 0 bridgehead atoms. The number of thiazole rings is 1. The van der Waals surface area contributed by atoms with E-state index in [1.54, 1.807) is 23.2 Å². The van der Waals surface area contributed by atoms with Crippen LogP contribution in [0.1, 0.15) is 51.7 Å². The molecule has 116 valence electrons. The normalized spacial score (nSPS) is 23.4. The van der Waals surface area contributed by atoms with Crippen LogP contribution in [-0.2, 0) is 21.5 Å². The number of hydrogen-bond donors (Lipinski definition) is 1. The Kier molecular flexibility index (Phi) is 4.37. The fourth-order valence-corrected chi connectivity index (χ4v) is 3.40. The minimum atomic E-state index is -0.456. The summed E-state index contributed by atoms with van der Waals surface area (Å²) >= 11 is 1.55. The third kappa shape index (κ3) is 3.26. The van der Waals surface area contributed by atoms with Gasteiger partial charge in [0.05, 0.1) is 12.2 Å². The number of hydrogen-bond acceptors (Lipinski definition) is 4. The number of aromatic nitrogens is 1. The van der Waals surface area contributed by atoms with E-state index >= 15 is 0 Å². The van der Waals surface area contributed by atoms with Crippen molar-refractivity contribution in [2.24, 2.45) is 0 Å². The highest BCUT2D eigenvalue weighted by Crippen LogP contribution is 2.25. The number of carbonyl (C=O) groups excluding carboxylic acids is 2. The van der Waals surface area contributed by atoms with Gasteiger partial charge in [-0.3, -0.25) is 9.59 Å². The van der Waals surface area contributed by atoms with Gasteiger partial charge in [-0.15, -0.1) is 11.3 Å². The zero-order valence-corrected chi connectivity index (χ0v) is 14.1. The van der Waals surface area contributed by atoms with Crippen LogP contribution in [0.25, 0.3) is 0 Å². The Balaban J connectivity index is 2.21. The minimum absolute atomic E-state index is 0.00448. The average Bonchev–Trinajstić information content (AvgIpc) is 2.84. The Morgan fingerprint density at radius 2 is 2.05 bits per heavy atom. The fourth-order valence-electron chi connectivity index (χ4n) is 2.38. The molecule has 1 aromatic rings. The first-order chi connectivity index (χ1) is 9.74. The van der Waals surface area contributed by atoms with Crippen molar-refractivity contribution in [3.63, 3.8) is 0 Å². The molecule has 6 heteroatoms. The molecule has 1 fully saturated rings. The maximum Gasteiger partial charge on any atom is 0.245 e. The van der Waals surface area contributed by atoms with Crippen molar-refractivity contribution in [2.75, 3.05) is 0 Å². The van der Waals surface area contributed by atoms with E-state index in [1.165, 1.54) is 0 Å². The van der Waals surface area contributed by atoms with E-state index in [2.05, 4.69) is 31.1 Å². The average molecular weight is 309 g/mol. The molecule has 0 saturated carbocycles. The van der Waals surface area contributed by atoms with Gasteiger partial charge in [-0.1, -0.05) is 27.7 Å². The first-order valence-corrected chi connectivity index (χ1v) is 8.17. The van der Waals surface area contributed by atoms with E-state index in [0.29, 0.717) is 13.0 Å². The summed E-state index contributed by atoms with van der Waals surface area (Å²) in [6.07, 6.45) is 0.613. The largest absolute Gasteiger partial charge is 0.343 e. The van der Waals surface area contributed by atoms with Gasteiger partial charge in [0.25, 0.3) is 0 Å². The van der Waals surface area contributed by atoms with E-state index in [9.17, 15) is 9.59 Å². The van der Waals surface area contributed by atoms with E-state index < -0.39 is 12.1 Å². The molecule has 1 aromatic heterocycles. The molecule has 1 N–H and O–H groups in total. The van der Waals surface area contributed by atoms with Crippen LogP contribution in [-0.4, -0.2) is 33.8 Å². The quantitative estimate of drug-likeness (QED) is 0.929. The maximum absolute atomic E-state index is 12.3. The lowest BCUT2D eigenvalue weighted by Gasteiger charge is -2.37. The summed E-state index contributed by atoms with van der Waals surface area (Å²) in [4.78, 5) is 30.6. The van der Waals surface area contributed by atoms with E-state index in [4.69, 9.17) is 0 Å². The van der Waals surface area contributed by atoms with Crippen molar-refractivity contribution >= 4 is 23.2 Å². The number of nitrogens with one attached hydrogen (secondary N) is 1. The van der Waals surface area contributed by atoms with E-state index in [1.807, 2.05) is 12.3 Å². The standard InChI is InChI=1S/C15H23N3O2S/c1-6-10-13(19)16-9(2)14(20)18(10)7-12-17-11(8-21-12)15(3,4)5/h8-10H,6-7H2,1-5H3,(H,16,19). The van der Waals surface area contributed by atoms with Gasteiger partial charge in [-0.05, 0) is 13.3 Å². The van der Waals surface area contributed by atoms with Crippen molar-refractivity contribution in [2.45, 2.75) is 65.1 Å². The topological polar surface area (TPSA) is 62.3 Å². The summed E-state index contributed by atoms with van der Waals surface area (Å²) in [6.45, 7) is 10.4. The van der Waals surface area contributed by atoms with Crippen LogP contribution in [0.2, 0.25) is 0 Å². The fraction of sp³-hybridized carbons (Fsp3) is 0.667. The van der Waals surface area contributed by atoms with Crippen LogP contribution < -0.4 is 5.32 Å². The molecule has 2 atom stereocenters. The van der Waals surface area contributed by atoms with Gasteiger partial charge < -0.3 is 10.2 Å². The third-order valence-electron chi connectivity index (χ3n) is 3.70. The number of nitrogens with zero attached hydrogens (tertiary/aromatic N) is 2. The summed E-state index contributed by atoms with van der Waals surface area (Å²) in [5.41, 5.74) is 1.02. The molecule has 0 aliphatic carbocycles. The highest BCUT2D eigenvalue weighted by Gasteiger charge is 2.37. The summed E-state index contributed by atoms with van der Waals surface area (Å²) in [6, 6.07) is -0.849. The van der Waals surface area contributed by atoms with Crippen molar-refractivity contribution < 1.29 is 9.59 Å². The van der Waals surface area contributed by atoms with Gasteiger partial charge in [0.15, 0.2) is 0 Å². The van der Waals surface area contributed by atoms with Gasteiger partial charge in [0, 0.05) is 10.8 Å². The number of amides is 2. The molecule has 2 rings (SSSR count). The Morgan fingerprint density at radius 1 is 1.38 bits per heavy atom. The van der Waals surface area contributed by atoms with Crippen LogP contribution in [0, 0.1) is 0 Å². The Labute approximate surface area is 129 Å². The van der Waals surface area contributed by atoms with Crippen LogP contribution in [0.5, 0.6) is 0 Å². The molecule has 0 spiro atoms. The zero-order valence-electron chi connectivity index (χ0n) is 13.3. The minimum Gasteiger partial charge on any atom is -0.343 e. The molecular weight excluding hydrogens is 286 g/mol. The summed E-state index contributed by atoms with van der Waals surface area (Å²) in [5, 5.41) is 5.65. The zero-order chi connectivity index (χ0) is 15.8. The molecule has 0 radical (unpaired) electrons. The van der Waals surface area contributed by atoms with Crippen molar-refractivity contribution in [3.8, 4) is 0 Å². The smallest absolute Gasteiger partial charge is 0.245 e. The second-order valence-corrected chi connectivity index (χ2v) is 7.44. The molecular formula is C15H23N3O2S. The van der Waals surface area contributed by atoms with Crippen LogP contribution >= 0.6 is 11.3 Å². The highest BCUT2D eigenvalue weighted by molar-refractivity contribution is 7.09. The summed E-state index contributed by atoms with van der Waals surface area (Å²) in [5.74, 6) is -0.105. The van der Waals surface area contributed by atoms with Gasteiger partial charge >= 0.3 is 0 Å². The van der Waals surface area contributed by atoms with Crippen molar-refractivity contribution in [1.82, 2.24) is 15.2 Å². The SMILES string of the molecule is CCC1C(=O)NC(C)C(=O)N1Cc1nc(C(C)(C)C)cs1. The Bertz CT molecular complexity index is 547. The first kappa shape index (κ1) is 15.9. The number of piperazine rings is 1. The lowest BCUT2D eigenvalue weighted by Crippen LogP contribution is -2.61. The van der Waals surface area contributed by atoms with Gasteiger partial charge in [0.2, 0.25) is 11.8 Å². The molecule has 2 amide bonds. The second kappa shape index (κ2) is 5.75. The van der Waals surface area contributed by atoms with E-state index in [-0.39, 0.29) is 17.2 Å². The van der Waals surface area contributed by atoms with Crippen molar-refractivity contribution in [3.05, 3.63) is 16.1 Å². The lowest BCUT2D eigenvalue weighted by molar-refractivity contribution is -0.149. The molecule has 5 nitrogen and oxygen atoms in total. The third-order valence-corrected chi connectivity index (χ3v) is 4.54. The monoisotopic (exact) mass is 309 g/mol. The molecule has 1 aliphatic heterocycles. The molecule has 2 heterocycles. The molecule has 21 heavy (non-hydrogen) atoms. The lowest BCUT2D eigenvalue weighted by atomic mass is 9.93. The highest BCUT2D eigenvalue weighted by atomic mass is 32.1. The summed E-state index contributed by atoms with van der Waals surface area (Å²) < 4.78 is 0. The Hall–Kier alpha value is -1.43. The molecule has 2 unspecified atom stereocenters. The van der Waals surface area contributed by atoms with Crippen LogP contribution in [0.4, 0.5) is 0 Å².